The van der Waals surface area contributed by atoms with Crippen LogP contribution in [0.4, 0.5) is 0 Å². The molecule has 2 atom stereocenters. The van der Waals surface area contributed by atoms with Gasteiger partial charge in [0, 0.05) is 6.61 Å². The van der Waals surface area contributed by atoms with Crippen molar-refractivity contribution in [2.24, 2.45) is 5.92 Å². The summed E-state index contributed by atoms with van der Waals surface area (Å²) in [6.45, 7) is 7.66. The Labute approximate surface area is 146 Å². The maximum atomic E-state index is 9.98. The molecule has 2 nitrogen and oxygen atoms in total. The van der Waals surface area contributed by atoms with Crippen LogP contribution in [0.15, 0.2) is 48.5 Å². The molecule has 1 heterocycles. The van der Waals surface area contributed by atoms with Gasteiger partial charge in [0.25, 0.3) is 0 Å². The molecule has 0 bridgehead atoms. The summed E-state index contributed by atoms with van der Waals surface area (Å²) in [5.74, 6) is 0.351. The van der Waals surface area contributed by atoms with E-state index in [1.165, 1.54) is 22.3 Å². The molecular weight excluding hydrogens is 296 g/mol. The van der Waals surface area contributed by atoms with Crippen LogP contribution in [0.25, 0.3) is 0 Å². The number of hydrogen-bond acceptors (Lipinski definition) is 2. The molecule has 0 spiro atoms. The molecule has 130 valence electrons. The van der Waals surface area contributed by atoms with Crippen LogP contribution < -0.4 is 0 Å². The van der Waals surface area contributed by atoms with Crippen LogP contribution in [0.2, 0.25) is 0 Å². The summed E-state index contributed by atoms with van der Waals surface area (Å²) < 4.78 is 5.35. The highest BCUT2D eigenvalue weighted by Crippen LogP contribution is 2.22. The summed E-state index contributed by atoms with van der Waals surface area (Å²) in [5.41, 5.74) is 5.41. The number of rotatable bonds is 2. The van der Waals surface area contributed by atoms with Gasteiger partial charge in [0.15, 0.2) is 0 Å². The van der Waals surface area contributed by atoms with Crippen LogP contribution in [-0.2, 0) is 11.2 Å². The lowest BCUT2D eigenvalue weighted by molar-refractivity contribution is 0.0269. The monoisotopic (exact) mass is 326 g/mol. The normalized spacial score (nSPS) is 20.7. The Bertz CT molecular complexity index is 600. The third-order valence-electron chi connectivity index (χ3n) is 4.87. The van der Waals surface area contributed by atoms with Crippen molar-refractivity contribution in [1.82, 2.24) is 0 Å². The molecule has 0 amide bonds. The average molecular weight is 326 g/mol. The quantitative estimate of drug-likeness (QED) is 0.872. The fourth-order valence-corrected chi connectivity index (χ4v) is 3.00. The molecule has 2 heteroatoms. The van der Waals surface area contributed by atoms with E-state index in [1.54, 1.807) is 0 Å². The van der Waals surface area contributed by atoms with Crippen LogP contribution in [0.1, 0.15) is 35.1 Å². The van der Waals surface area contributed by atoms with Gasteiger partial charge in [-0.2, -0.15) is 0 Å². The summed E-state index contributed by atoms with van der Waals surface area (Å²) >= 11 is 0. The van der Waals surface area contributed by atoms with Crippen LogP contribution in [0.3, 0.4) is 0 Å². The maximum Gasteiger partial charge on any atom is 0.0804 e. The molecule has 1 aliphatic rings. The van der Waals surface area contributed by atoms with Crippen molar-refractivity contribution < 1.29 is 9.84 Å². The summed E-state index contributed by atoms with van der Waals surface area (Å²) in [5, 5.41) is 9.98. The second kappa shape index (κ2) is 9.61. The zero-order chi connectivity index (χ0) is 17.4. The zero-order valence-corrected chi connectivity index (χ0v) is 15.2. The SMILES string of the molecule is Cc1ccccc1C.Cc1ccccc1CC1CCCOCC1O. The molecule has 24 heavy (non-hydrogen) atoms. The van der Waals surface area contributed by atoms with Crippen LogP contribution in [-0.4, -0.2) is 24.4 Å². The largest absolute Gasteiger partial charge is 0.390 e. The lowest BCUT2D eigenvalue weighted by Crippen LogP contribution is -2.25. The van der Waals surface area contributed by atoms with Crippen molar-refractivity contribution >= 4 is 0 Å². The minimum atomic E-state index is -0.304. The molecule has 2 unspecified atom stereocenters. The molecule has 2 aromatic rings. The summed E-state index contributed by atoms with van der Waals surface area (Å²) in [6.07, 6.45) is 2.79. The van der Waals surface area contributed by atoms with Crippen LogP contribution in [0, 0.1) is 26.7 Å². The predicted octanol–water partition coefficient (Wildman–Crippen LogP) is 4.63. The lowest BCUT2D eigenvalue weighted by Gasteiger charge is -2.20. The molecule has 1 saturated heterocycles. The molecule has 1 fully saturated rings. The van der Waals surface area contributed by atoms with E-state index in [0.717, 1.165) is 25.9 Å². The number of aliphatic hydroxyl groups excluding tert-OH is 1. The maximum absolute atomic E-state index is 9.98. The molecule has 0 radical (unpaired) electrons. The van der Waals surface area contributed by atoms with E-state index in [4.69, 9.17) is 4.74 Å². The second-order valence-electron chi connectivity index (χ2n) is 6.76. The number of benzene rings is 2. The van der Waals surface area contributed by atoms with Gasteiger partial charge < -0.3 is 9.84 Å². The number of hydrogen-bond donors (Lipinski definition) is 1. The number of aryl methyl sites for hydroxylation is 3. The van der Waals surface area contributed by atoms with E-state index in [1.807, 2.05) is 0 Å². The highest BCUT2D eigenvalue weighted by Gasteiger charge is 2.22. The molecule has 0 aromatic heterocycles. The van der Waals surface area contributed by atoms with E-state index in [9.17, 15) is 5.11 Å². The summed E-state index contributed by atoms with van der Waals surface area (Å²) in [4.78, 5) is 0. The van der Waals surface area contributed by atoms with Gasteiger partial charge in [0.05, 0.1) is 12.7 Å². The molecule has 0 saturated carbocycles. The van der Waals surface area contributed by atoms with Gasteiger partial charge in [0.2, 0.25) is 0 Å². The third kappa shape index (κ3) is 5.77. The first-order valence-electron chi connectivity index (χ1n) is 8.90. The van der Waals surface area contributed by atoms with E-state index in [0.29, 0.717) is 12.5 Å². The van der Waals surface area contributed by atoms with Gasteiger partial charge in [-0.3, -0.25) is 0 Å². The zero-order valence-electron chi connectivity index (χ0n) is 15.2. The standard InChI is InChI=1S/C14H20O2.C8H10/c1-11-5-2-3-6-12(11)9-13-7-4-8-16-10-14(13)15;1-7-5-3-4-6-8(7)2/h2-3,5-6,13-15H,4,7-10H2,1H3;3-6H,1-2H3. The smallest absolute Gasteiger partial charge is 0.0804 e. The Hall–Kier alpha value is -1.64. The van der Waals surface area contributed by atoms with E-state index in [2.05, 4.69) is 69.3 Å². The molecule has 3 rings (SSSR count). The van der Waals surface area contributed by atoms with Crippen molar-refractivity contribution in [3.63, 3.8) is 0 Å². The predicted molar refractivity (Wildman–Crippen MR) is 100 cm³/mol. The van der Waals surface area contributed by atoms with Crippen molar-refractivity contribution in [1.29, 1.82) is 0 Å². The van der Waals surface area contributed by atoms with Crippen LogP contribution in [0.5, 0.6) is 0 Å². The molecule has 1 N–H and O–H groups in total. The first-order valence-corrected chi connectivity index (χ1v) is 8.90. The van der Waals surface area contributed by atoms with Crippen molar-refractivity contribution in [2.75, 3.05) is 13.2 Å². The Balaban J connectivity index is 0.000000219. The van der Waals surface area contributed by atoms with Gasteiger partial charge in [0.1, 0.15) is 0 Å². The minimum Gasteiger partial charge on any atom is -0.390 e. The third-order valence-corrected chi connectivity index (χ3v) is 4.87. The first kappa shape index (κ1) is 18.7. The number of aliphatic hydroxyl groups is 1. The van der Waals surface area contributed by atoms with Gasteiger partial charge in [-0.25, -0.2) is 0 Å². The Morgan fingerprint density at radius 3 is 2.08 bits per heavy atom. The first-order chi connectivity index (χ1) is 11.6. The average Bonchev–Trinajstić information content (AvgIpc) is 2.78. The lowest BCUT2D eigenvalue weighted by atomic mass is 9.89. The van der Waals surface area contributed by atoms with Gasteiger partial charge in [-0.15, -0.1) is 0 Å². The van der Waals surface area contributed by atoms with Crippen molar-refractivity contribution in [2.45, 2.75) is 46.1 Å². The van der Waals surface area contributed by atoms with Crippen LogP contribution >= 0.6 is 0 Å². The van der Waals surface area contributed by atoms with Crippen molar-refractivity contribution in [3.8, 4) is 0 Å². The molecule has 1 aliphatic heterocycles. The molecular formula is C22H30O2. The number of ether oxygens (including phenoxy) is 1. The molecule has 2 aromatic carbocycles. The van der Waals surface area contributed by atoms with E-state index < -0.39 is 0 Å². The topological polar surface area (TPSA) is 29.5 Å². The molecule has 0 aliphatic carbocycles. The highest BCUT2D eigenvalue weighted by atomic mass is 16.5. The second-order valence-corrected chi connectivity index (χ2v) is 6.76. The van der Waals surface area contributed by atoms with Crippen molar-refractivity contribution in [3.05, 3.63) is 70.8 Å². The Morgan fingerprint density at radius 1 is 0.917 bits per heavy atom. The fraction of sp³-hybridized carbons (Fsp3) is 0.455. The van der Waals surface area contributed by atoms with Gasteiger partial charge >= 0.3 is 0 Å². The minimum absolute atomic E-state index is 0.304. The Morgan fingerprint density at radius 2 is 1.50 bits per heavy atom. The van der Waals surface area contributed by atoms with E-state index >= 15 is 0 Å². The summed E-state index contributed by atoms with van der Waals surface area (Å²) in [6, 6.07) is 16.8. The van der Waals surface area contributed by atoms with Gasteiger partial charge in [-0.1, -0.05) is 48.5 Å². The summed E-state index contributed by atoms with van der Waals surface area (Å²) in [7, 11) is 0. The van der Waals surface area contributed by atoms with Gasteiger partial charge in [-0.05, 0) is 68.2 Å². The van der Waals surface area contributed by atoms with E-state index in [-0.39, 0.29) is 6.10 Å². The fourth-order valence-electron chi connectivity index (χ4n) is 3.00. The Kier molecular flexibility index (Phi) is 7.48. The highest BCUT2D eigenvalue weighted by molar-refractivity contribution is 5.26.